The van der Waals surface area contributed by atoms with E-state index in [4.69, 9.17) is 26.4 Å². The van der Waals surface area contributed by atoms with Crippen molar-refractivity contribution in [2.75, 3.05) is 20.3 Å². The highest BCUT2D eigenvalue weighted by Gasteiger charge is 2.37. The summed E-state index contributed by atoms with van der Waals surface area (Å²) in [5.74, 6) is 0.0134. The maximum atomic E-state index is 12.9. The van der Waals surface area contributed by atoms with Gasteiger partial charge in [-0.2, -0.15) is 22.9 Å². The zero-order valence-electron chi connectivity index (χ0n) is 12.3. The SMILES string of the molecule is COc1cc(/C=N\n2c(C(F)(F)F)n[nH]c2=S)cc2c1OCCO2. The summed E-state index contributed by atoms with van der Waals surface area (Å²) in [6.07, 6.45) is -3.49. The summed E-state index contributed by atoms with van der Waals surface area (Å²) in [5, 5.41) is 8.95. The minimum absolute atomic E-state index is 0.275. The molecule has 0 unspecified atom stereocenters. The number of fused-ring (bicyclic) bond motifs is 1. The Hall–Kier alpha value is -2.56. The lowest BCUT2D eigenvalue weighted by Crippen LogP contribution is -2.16. The highest BCUT2D eigenvalue weighted by molar-refractivity contribution is 7.71. The molecule has 0 saturated carbocycles. The van der Waals surface area contributed by atoms with Gasteiger partial charge in [0.05, 0.1) is 13.3 Å². The number of aromatic amines is 1. The van der Waals surface area contributed by atoms with Crippen molar-refractivity contribution in [2.45, 2.75) is 6.18 Å². The van der Waals surface area contributed by atoms with Crippen molar-refractivity contribution in [2.24, 2.45) is 5.10 Å². The molecule has 0 radical (unpaired) electrons. The fourth-order valence-corrected chi connectivity index (χ4v) is 2.25. The number of halogens is 3. The van der Waals surface area contributed by atoms with Gasteiger partial charge in [-0.3, -0.25) is 0 Å². The van der Waals surface area contributed by atoms with Gasteiger partial charge in [0, 0.05) is 5.56 Å². The second kappa shape index (κ2) is 6.15. The van der Waals surface area contributed by atoms with E-state index < -0.39 is 12.0 Å². The molecule has 1 aromatic heterocycles. The summed E-state index contributed by atoms with van der Waals surface area (Å²) < 4.78 is 54.9. The normalized spacial score (nSPS) is 14.2. The van der Waals surface area contributed by atoms with E-state index in [1.807, 2.05) is 0 Å². The van der Waals surface area contributed by atoms with Gasteiger partial charge >= 0.3 is 6.18 Å². The predicted molar refractivity (Wildman–Crippen MR) is 79.4 cm³/mol. The third kappa shape index (κ3) is 3.07. The molecule has 0 aliphatic carbocycles. The number of nitrogens with one attached hydrogen (secondary N) is 1. The average molecular weight is 360 g/mol. The van der Waals surface area contributed by atoms with Crippen LogP contribution in [0.15, 0.2) is 17.2 Å². The number of methoxy groups -OCH3 is 1. The molecule has 0 saturated heterocycles. The van der Waals surface area contributed by atoms with E-state index in [0.29, 0.717) is 40.7 Å². The van der Waals surface area contributed by atoms with E-state index in [2.05, 4.69) is 15.3 Å². The molecule has 11 heteroatoms. The van der Waals surface area contributed by atoms with E-state index >= 15 is 0 Å². The Kier molecular flexibility index (Phi) is 4.18. The van der Waals surface area contributed by atoms with Crippen LogP contribution in [0.2, 0.25) is 0 Å². The number of alkyl halides is 3. The second-order valence-corrected chi connectivity index (χ2v) is 5.04. The molecule has 1 aliphatic rings. The molecule has 128 valence electrons. The molecule has 0 atom stereocenters. The van der Waals surface area contributed by atoms with Gasteiger partial charge in [0.1, 0.15) is 13.2 Å². The van der Waals surface area contributed by atoms with E-state index in [0.717, 1.165) is 0 Å². The molecular weight excluding hydrogens is 349 g/mol. The van der Waals surface area contributed by atoms with Crippen LogP contribution in [-0.4, -0.2) is 41.4 Å². The van der Waals surface area contributed by atoms with Crippen molar-refractivity contribution in [3.63, 3.8) is 0 Å². The molecule has 0 fully saturated rings. The number of benzene rings is 1. The number of nitrogens with zero attached hydrogens (tertiary/aromatic N) is 3. The Balaban J connectivity index is 1.99. The first kappa shape index (κ1) is 16.3. The molecule has 1 aliphatic heterocycles. The zero-order valence-corrected chi connectivity index (χ0v) is 13.1. The van der Waals surface area contributed by atoms with Gasteiger partial charge in [-0.25, -0.2) is 5.10 Å². The standard InChI is InChI=1S/C13H11F3N4O3S/c1-21-8-4-7(5-9-10(8)23-3-2-22-9)6-17-20-11(13(14,15)16)18-19-12(20)24/h4-6H,2-3H2,1H3,(H,19,24)/b17-6-. The average Bonchev–Trinajstić information content (AvgIpc) is 2.93. The van der Waals surface area contributed by atoms with Gasteiger partial charge in [0.15, 0.2) is 11.5 Å². The fourth-order valence-electron chi connectivity index (χ4n) is 2.07. The Labute approximate surface area is 138 Å². The Morgan fingerprint density at radius 2 is 2.12 bits per heavy atom. The number of H-pyrrole nitrogens is 1. The molecule has 2 aromatic rings. The van der Waals surface area contributed by atoms with Crippen LogP contribution in [0.4, 0.5) is 13.2 Å². The maximum Gasteiger partial charge on any atom is 0.453 e. The summed E-state index contributed by atoms with van der Waals surface area (Å²) in [6.45, 7) is 0.748. The van der Waals surface area contributed by atoms with Gasteiger partial charge in [-0.15, -0.1) is 5.10 Å². The highest BCUT2D eigenvalue weighted by atomic mass is 32.1. The number of hydrogen-bond donors (Lipinski definition) is 1. The molecule has 7 nitrogen and oxygen atoms in total. The van der Waals surface area contributed by atoms with Crippen molar-refractivity contribution < 1.29 is 27.4 Å². The minimum atomic E-state index is -4.69. The Morgan fingerprint density at radius 3 is 2.83 bits per heavy atom. The minimum Gasteiger partial charge on any atom is -0.493 e. The van der Waals surface area contributed by atoms with E-state index in [9.17, 15) is 13.2 Å². The summed E-state index contributed by atoms with van der Waals surface area (Å²) in [7, 11) is 1.45. The van der Waals surface area contributed by atoms with Crippen LogP contribution in [0, 0.1) is 4.77 Å². The molecule has 0 bridgehead atoms. The fraction of sp³-hybridized carbons (Fsp3) is 0.308. The lowest BCUT2D eigenvalue weighted by atomic mass is 10.2. The monoisotopic (exact) mass is 360 g/mol. The summed E-state index contributed by atoms with van der Waals surface area (Å²) >= 11 is 4.76. The van der Waals surface area contributed by atoms with Crippen LogP contribution in [0.3, 0.4) is 0 Å². The first-order chi connectivity index (χ1) is 11.4. The van der Waals surface area contributed by atoms with Crippen molar-refractivity contribution in [3.8, 4) is 17.2 Å². The van der Waals surface area contributed by atoms with Crippen molar-refractivity contribution >= 4 is 18.4 Å². The molecule has 2 heterocycles. The number of hydrogen-bond acceptors (Lipinski definition) is 6. The van der Waals surface area contributed by atoms with Crippen molar-refractivity contribution in [3.05, 3.63) is 28.3 Å². The van der Waals surface area contributed by atoms with Crippen LogP contribution < -0.4 is 14.2 Å². The third-order valence-electron chi connectivity index (χ3n) is 3.08. The van der Waals surface area contributed by atoms with E-state index in [1.54, 1.807) is 12.1 Å². The van der Waals surface area contributed by atoms with Crippen LogP contribution in [0.5, 0.6) is 17.2 Å². The van der Waals surface area contributed by atoms with Gasteiger partial charge in [-0.05, 0) is 24.4 Å². The molecular formula is C13H11F3N4O3S. The Morgan fingerprint density at radius 1 is 1.38 bits per heavy atom. The second-order valence-electron chi connectivity index (χ2n) is 4.65. The van der Waals surface area contributed by atoms with Crippen molar-refractivity contribution in [1.29, 1.82) is 0 Å². The molecule has 24 heavy (non-hydrogen) atoms. The molecule has 1 aromatic carbocycles. The highest BCUT2D eigenvalue weighted by Crippen LogP contribution is 2.40. The predicted octanol–water partition coefficient (Wildman–Crippen LogP) is 2.62. The largest absolute Gasteiger partial charge is 0.493 e. The van der Waals surface area contributed by atoms with E-state index in [-0.39, 0.29) is 4.77 Å². The quantitative estimate of drug-likeness (QED) is 0.673. The number of rotatable bonds is 3. The topological polar surface area (TPSA) is 73.7 Å². The van der Waals surface area contributed by atoms with Gasteiger partial charge in [0.2, 0.25) is 10.5 Å². The van der Waals surface area contributed by atoms with Crippen LogP contribution in [-0.2, 0) is 6.18 Å². The summed E-state index contributed by atoms with van der Waals surface area (Å²) in [6, 6.07) is 3.14. The van der Waals surface area contributed by atoms with Gasteiger partial charge in [-0.1, -0.05) is 0 Å². The van der Waals surface area contributed by atoms with Crippen molar-refractivity contribution in [1.82, 2.24) is 14.9 Å². The van der Waals surface area contributed by atoms with Crippen LogP contribution in [0.1, 0.15) is 11.4 Å². The summed E-state index contributed by atoms with van der Waals surface area (Å²) in [4.78, 5) is 0. The lowest BCUT2D eigenvalue weighted by Gasteiger charge is -2.20. The molecule has 0 spiro atoms. The lowest BCUT2D eigenvalue weighted by molar-refractivity contribution is -0.147. The molecule has 0 amide bonds. The van der Waals surface area contributed by atoms with Crippen LogP contribution >= 0.6 is 12.2 Å². The number of ether oxygens (including phenoxy) is 3. The zero-order chi connectivity index (χ0) is 17.3. The first-order valence-electron chi connectivity index (χ1n) is 6.67. The number of aromatic nitrogens is 3. The first-order valence-corrected chi connectivity index (χ1v) is 7.07. The molecule has 3 rings (SSSR count). The summed E-state index contributed by atoms with van der Waals surface area (Å²) in [5.41, 5.74) is 0.451. The van der Waals surface area contributed by atoms with Gasteiger partial charge < -0.3 is 14.2 Å². The Bertz CT molecular complexity index is 827. The molecule has 1 N–H and O–H groups in total. The van der Waals surface area contributed by atoms with Crippen LogP contribution in [0.25, 0.3) is 0 Å². The smallest absolute Gasteiger partial charge is 0.453 e. The third-order valence-corrected chi connectivity index (χ3v) is 3.34. The van der Waals surface area contributed by atoms with Gasteiger partial charge in [0.25, 0.3) is 5.82 Å². The maximum absolute atomic E-state index is 12.9. The van der Waals surface area contributed by atoms with E-state index in [1.165, 1.54) is 13.3 Å².